The molecule has 8 nitrogen and oxygen atoms in total. The predicted octanol–water partition coefficient (Wildman–Crippen LogP) is 3.53. The highest BCUT2D eigenvalue weighted by Gasteiger charge is 2.04. The van der Waals surface area contributed by atoms with Crippen molar-refractivity contribution in [1.82, 2.24) is 0 Å². The molecule has 0 spiro atoms. The minimum Gasteiger partial charge on any atom is -0.377 e. The molecule has 0 N–H and O–H groups in total. The average molecular weight is 505 g/mol. The van der Waals surface area contributed by atoms with Gasteiger partial charge in [0.25, 0.3) is 0 Å². The Morgan fingerprint density at radius 3 is 0.694 bits per heavy atom. The molecule has 0 saturated heterocycles. The monoisotopic (exact) mass is 504 g/mol. The van der Waals surface area contributed by atoms with E-state index in [4.69, 9.17) is 37.9 Å². The molecule has 1 aliphatic rings. The van der Waals surface area contributed by atoms with Crippen molar-refractivity contribution in [3.63, 3.8) is 0 Å². The fourth-order valence-electron chi connectivity index (χ4n) is 3.52. The van der Waals surface area contributed by atoms with Crippen LogP contribution in [0.4, 0.5) is 0 Å². The molecule has 0 aliphatic carbocycles. The van der Waals surface area contributed by atoms with Crippen LogP contribution in [-0.4, -0.2) is 79.3 Å². The largest absolute Gasteiger partial charge is 0.377 e. The summed E-state index contributed by atoms with van der Waals surface area (Å²) in [5.74, 6) is 0. The molecule has 0 fully saturated rings. The van der Waals surface area contributed by atoms with Crippen LogP contribution in [0.25, 0.3) is 0 Å². The van der Waals surface area contributed by atoms with Crippen LogP contribution >= 0.6 is 0 Å². The van der Waals surface area contributed by atoms with Gasteiger partial charge in [-0.3, -0.25) is 0 Å². The summed E-state index contributed by atoms with van der Waals surface area (Å²) >= 11 is 0. The van der Waals surface area contributed by atoms with Gasteiger partial charge in [-0.25, -0.2) is 0 Å². The summed E-state index contributed by atoms with van der Waals surface area (Å²) in [6, 6.07) is 16.3. The number of ether oxygens (including phenoxy) is 8. The number of fused-ring (bicyclic) bond motifs is 2. The van der Waals surface area contributed by atoms with Gasteiger partial charge in [-0.2, -0.15) is 0 Å². The van der Waals surface area contributed by atoms with Gasteiger partial charge in [-0.1, -0.05) is 48.5 Å². The van der Waals surface area contributed by atoms with E-state index in [0.717, 1.165) is 22.3 Å². The van der Waals surface area contributed by atoms with E-state index in [1.165, 1.54) is 0 Å². The van der Waals surface area contributed by atoms with Gasteiger partial charge in [0.2, 0.25) is 0 Å². The lowest BCUT2D eigenvalue weighted by molar-refractivity contribution is -0.00987. The molecule has 8 heteroatoms. The molecule has 3 rings (SSSR count). The molecule has 0 saturated carbocycles. The average Bonchev–Trinajstić information content (AvgIpc) is 2.90. The Hall–Kier alpha value is -1.88. The van der Waals surface area contributed by atoms with Gasteiger partial charge in [-0.15, -0.1) is 0 Å². The number of benzene rings is 2. The van der Waals surface area contributed by atoms with Gasteiger partial charge in [0.15, 0.2) is 0 Å². The Morgan fingerprint density at radius 1 is 0.278 bits per heavy atom. The SMILES string of the molecule is c1ccc2c(c1)COCCOCCOCCOCc1ccccc1COCCOCCOCCOC2. The first-order chi connectivity index (χ1) is 17.9. The smallest absolute Gasteiger partial charge is 0.0721 e. The van der Waals surface area contributed by atoms with Crippen molar-refractivity contribution >= 4 is 0 Å². The first kappa shape index (κ1) is 28.7. The summed E-state index contributed by atoms with van der Waals surface area (Å²) < 4.78 is 45.5. The van der Waals surface area contributed by atoms with Gasteiger partial charge >= 0.3 is 0 Å². The van der Waals surface area contributed by atoms with Crippen molar-refractivity contribution in [3.8, 4) is 0 Å². The summed E-state index contributed by atoms with van der Waals surface area (Å²) in [5, 5.41) is 0. The number of hydrogen-bond acceptors (Lipinski definition) is 8. The quantitative estimate of drug-likeness (QED) is 0.540. The molecule has 0 radical (unpaired) electrons. The van der Waals surface area contributed by atoms with Crippen LogP contribution in [-0.2, 0) is 64.3 Å². The summed E-state index contributed by atoms with van der Waals surface area (Å²) in [7, 11) is 0. The molecule has 0 aromatic heterocycles. The Labute approximate surface area is 214 Å². The lowest BCUT2D eigenvalue weighted by atomic mass is 10.1. The summed E-state index contributed by atoms with van der Waals surface area (Å²) in [4.78, 5) is 0. The van der Waals surface area contributed by atoms with E-state index in [0.29, 0.717) is 106 Å². The minimum atomic E-state index is 0.525. The third kappa shape index (κ3) is 12.4. The van der Waals surface area contributed by atoms with E-state index in [2.05, 4.69) is 24.3 Å². The molecule has 200 valence electrons. The lowest BCUT2D eigenvalue weighted by Crippen LogP contribution is -2.13. The van der Waals surface area contributed by atoms with Crippen LogP contribution in [0, 0.1) is 0 Å². The number of hydrogen-bond donors (Lipinski definition) is 0. The molecule has 0 amide bonds. The van der Waals surface area contributed by atoms with Crippen molar-refractivity contribution in [2.45, 2.75) is 26.4 Å². The zero-order valence-corrected chi connectivity index (χ0v) is 21.2. The second kappa shape index (κ2) is 19.3. The maximum Gasteiger partial charge on any atom is 0.0721 e. The standard InChI is InChI=1S/C28H40O8/c1-2-6-26-22-34-18-14-30-11-12-32-16-20-36-24-28-8-4-3-7-27(28)23-35-19-15-31-10-9-29-13-17-33-21-25(26)5-1/h1-8H,9-24H2. The topological polar surface area (TPSA) is 73.8 Å². The normalized spacial score (nSPS) is 19.8. The first-order valence-electron chi connectivity index (χ1n) is 12.7. The van der Waals surface area contributed by atoms with Gasteiger partial charge in [0, 0.05) is 0 Å². The van der Waals surface area contributed by atoms with Crippen LogP contribution in [0.15, 0.2) is 48.5 Å². The maximum atomic E-state index is 5.78. The third-order valence-electron chi connectivity index (χ3n) is 5.50. The van der Waals surface area contributed by atoms with Crippen molar-refractivity contribution in [2.75, 3.05) is 79.3 Å². The number of rotatable bonds is 0. The Kier molecular flexibility index (Phi) is 15.3. The van der Waals surface area contributed by atoms with Crippen LogP contribution in [0.1, 0.15) is 22.3 Å². The Balaban J connectivity index is 1.39. The van der Waals surface area contributed by atoms with E-state index >= 15 is 0 Å². The summed E-state index contributed by atoms with van der Waals surface area (Å²) in [6.07, 6.45) is 0. The molecule has 36 heavy (non-hydrogen) atoms. The highest BCUT2D eigenvalue weighted by atomic mass is 16.6. The maximum absolute atomic E-state index is 5.78. The van der Waals surface area contributed by atoms with Gasteiger partial charge in [-0.05, 0) is 22.3 Å². The van der Waals surface area contributed by atoms with Crippen molar-refractivity contribution < 1.29 is 37.9 Å². The van der Waals surface area contributed by atoms with Gasteiger partial charge < -0.3 is 37.9 Å². The summed E-state index contributed by atoms with van der Waals surface area (Å²) in [6.45, 7) is 8.42. The van der Waals surface area contributed by atoms with E-state index in [1.54, 1.807) is 0 Å². The zero-order valence-electron chi connectivity index (χ0n) is 21.2. The second-order valence-electron chi connectivity index (χ2n) is 8.20. The molecular formula is C28H40O8. The molecule has 1 aliphatic heterocycles. The highest BCUT2D eigenvalue weighted by Crippen LogP contribution is 2.12. The minimum absolute atomic E-state index is 0.525. The Bertz CT molecular complexity index is 682. The van der Waals surface area contributed by atoms with E-state index < -0.39 is 0 Å². The molecule has 2 aromatic carbocycles. The lowest BCUT2D eigenvalue weighted by Gasteiger charge is -2.12. The Morgan fingerprint density at radius 2 is 0.472 bits per heavy atom. The van der Waals surface area contributed by atoms with Crippen LogP contribution in [0.3, 0.4) is 0 Å². The van der Waals surface area contributed by atoms with Crippen LogP contribution < -0.4 is 0 Å². The van der Waals surface area contributed by atoms with Crippen LogP contribution in [0.2, 0.25) is 0 Å². The molecule has 0 unspecified atom stereocenters. The predicted molar refractivity (Wildman–Crippen MR) is 135 cm³/mol. The van der Waals surface area contributed by atoms with Crippen molar-refractivity contribution in [1.29, 1.82) is 0 Å². The first-order valence-corrected chi connectivity index (χ1v) is 12.7. The third-order valence-corrected chi connectivity index (χ3v) is 5.50. The van der Waals surface area contributed by atoms with E-state index in [-0.39, 0.29) is 0 Å². The molecular weight excluding hydrogens is 464 g/mol. The van der Waals surface area contributed by atoms with E-state index in [1.807, 2.05) is 24.3 Å². The molecule has 0 atom stereocenters. The van der Waals surface area contributed by atoms with Gasteiger partial charge in [0.05, 0.1) is 106 Å². The molecule has 1 heterocycles. The molecule has 2 aromatic rings. The zero-order chi connectivity index (χ0) is 24.9. The molecule has 0 bridgehead atoms. The fraction of sp³-hybridized carbons (Fsp3) is 0.571. The summed E-state index contributed by atoms with van der Waals surface area (Å²) in [5.41, 5.74) is 4.47. The van der Waals surface area contributed by atoms with E-state index in [9.17, 15) is 0 Å². The fourth-order valence-corrected chi connectivity index (χ4v) is 3.52. The van der Waals surface area contributed by atoms with Gasteiger partial charge in [0.1, 0.15) is 0 Å². The highest BCUT2D eigenvalue weighted by molar-refractivity contribution is 5.26. The van der Waals surface area contributed by atoms with Crippen LogP contribution in [0.5, 0.6) is 0 Å². The van der Waals surface area contributed by atoms with Crippen molar-refractivity contribution in [3.05, 3.63) is 70.8 Å². The second-order valence-corrected chi connectivity index (χ2v) is 8.20. The van der Waals surface area contributed by atoms with Crippen molar-refractivity contribution in [2.24, 2.45) is 0 Å².